The molecule has 0 aliphatic rings. The van der Waals surface area contributed by atoms with Gasteiger partial charge < -0.3 is 19.9 Å². The van der Waals surface area contributed by atoms with Crippen LogP contribution in [0.25, 0.3) is 0 Å². The van der Waals surface area contributed by atoms with Crippen LogP contribution in [0.5, 0.6) is 11.5 Å². The summed E-state index contributed by atoms with van der Waals surface area (Å²) in [5, 5.41) is 11.7. The van der Waals surface area contributed by atoms with E-state index in [0.717, 1.165) is 17.1 Å². The van der Waals surface area contributed by atoms with Crippen molar-refractivity contribution in [2.45, 2.75) is 19.4 Å². The van der Waals surface area contributed by atoms with E-state index in [2.05, 4.69) is 5.32 Å². The lowest BCUT2D eigenvalue weighted by Gasteiger charge is -2.11. The predicted octanol–water partition coefficient (Wildman–Crippen LogP) is 0.743. The van der Waals surface area contributed by atoms with Gasteiger partial charge in [-0.25, -0.2) is 0 Å². The second kappa shape index (κ2) is 6.86. The number of hydrogen-bond acceptors (Lipinski definition) is 4. The van der Waals surface area contributed by atoms with E-state index in [1.54, 1.807) is 20.3 Å². The lowest BCUT2D eigenvalue weighted by Crippen LogP contribution is -2.33. The number of hydrogen-bond donors (Lipinski definition) is 2. The van der Waals surface area contributed by atoms with Crippen molar-refractivity contribution in [3.8, 4) is 11.5 Å². The van der Waals surface area contributed by atoms with Gasteiger partial charge in [0.1, 0.15) is 17.6 Å². The quantitative estimate of drug-likeness (QED) is 0.785. The Kier molecular flexibility index (Phi) is 5.45. The highest BCUT2D eigenvalue weighted by molar-refractivity contribution is 5.79. The lowest BCUT2D eigenvalue weighted by atomic mass is 10.1. The molecule has 1 atom stereocenters. The second-order valence-electron chi connectivity index (χ2n) is 3.89. The first-order chi connectivity index (χ1) is 8.58. The normalized spacial score (nSPS) is 11.8. The zero-order valence-electron chi connectivity index (χ0n) is 10.9. The first kappa shape index (κ1) is 14.3. The average molecular weight is 253 g/mol. The zero-order chi connectivity index (χ0) is 13.5. The maximum Gasteiger partial charge on any atom is 0.248 e. The molecule has 1 aromatic rings. The minimum Gasteiger partial charge on any atom is -0.497 e. The summed E-state index contributed by atoms with van der Waals surface area (Å²) in [5.41, 5.74) is 0.976. The minimum atomic E-state index is -0.984. The molecule has 1 rings (SSSR count). The number of aliphatic hydroxyl groups excluding tert-OH is 1. The molecule has 0 bridgehead atoms. The molecule has 0 radical (unpaired) electrons. The summed E-state index contributed by atoms with van der Waals surface area (Å²) in [6, 6.07) is 5.53. The van der Waals surface area contributed by atoms with Gasteiger partial charge in [-0.05, 0) is 25.0 Å². The lowest BCUT2D eigenvalue weighted by molar-refractivity contribution is -0.128. The molecule has 0 spiro atoms. The van der Waals surface area contributed by atoms with Crippen molar-refractivity contribution in [3.05, 3.63) is 23.8 Å². The molecular weight excluding hydrogens is 234 g/mol. The predicted molar refractivity (Wildman–Crippen MR) is 67.9 cm³/mol. The number of carbonyl (C=O) groups is 1. The SMILES string of the molecule is COc1ccc(CCNC(=O)C(C)O)c(OC)c1. The van der Waals surface area contributed by atoms with Gasteiger partial charge in [-0.3, -0.25) is 4.79 Å². The summed E-state index contributed by atoms with van der Waals surface area (Å²) in [6.07, 6.45) is -0.353. The molecule has 18 heavy (non-hydrogen) atoms. The molecule has 2 N–H and O–H groups in total. The molecule has 0 fully saturated rings. The van der Waals surface area contributed by atoms with Crippen LogP contribution in [-0.2, 0) is 11.2 Å². The van der Waals surface area contributed by atoms with Crippen LogP contribution in [0.1, 0.15) is 12.5 Å². The maximum atomic E-state index is 11.2. The number of nitrogens with one attached hydrogen (secondary N) is 1. The van der Waals surface area contributed by atoms with E-state index in [9.17, 15) is 4.79 Å². The topological polar surface area (TPSA) is 67.8 Å². The van der Waals surface area contributed by atoms with Crippen LogP contribution in [-0.4, -0.2) is 37.9 Å². The van der Waals surface area contributed by atoms with Gasteiger partial charge in [0.25, 0.3) is 0 Å². The van der Waals surface area contributed by atoms with E-state index >= 15 is 0 Å². The molecule has 0 aliphatic heterocycles. The summed E-state index contributed by atoms with van der Waals surface area (Å²) < 4.78 is 10.4. The fraction of sp³-hybridized carbons (Fsp3) is 0.462. The minimum absolute atomic E-state index is 0.373. The fourth-order valence-corrected chi connectivity index (χ4v) is 1.53. The molecule has 5 nitrogen and oxygen atoms in total. The Morgan fingerprint density at radius 2 is 2.11 bits per heavy atom. The van der Waals surface area contributed by atoms with E-state index in [0.29, 0.717) is 13.0 Å². The Balaban J connectivity index is 2.59. The van der Waals surface area contributed by atoms with Crippen molar-refractivity contribution in [3.63, 3.8) is 0 Å². The van der Waals surface area contributed by atoms with Crippen LogP contribution in [0, 0.1) is 0 Å². The highest BCUT2D eigenvalue weighted by Crippen LogP contribution is 2.24. The van der Waals surface area contributed by atoms with Crippen molar-refractivity contribution in [2.75, 3.05) is 20.8 Å². The van der Waals surface area contributed by atoms with Gasteiger partial charge in [0.2, 0.25) is 5.91 Å². The Labute approximate surface area is 107 Å². The van der Waals surface area contributed by atoms with Gasteiger partial charge in [-0.1, -0.05) is 6.07 Å². The summed E-state index contributed by atoms with van der Waals surface area (Å²) in [7, 11) is 3.18. The van der Waals surface area contributed by atoms with E-state index in [4.69, 9.17) is 14.6 Å². The molecule has 1 amide bonds. The maximum absolute atomic E-state index is 11.2. The van der Waals surface area contributed by atoms with Crippen molar-refractivity contribution in [1.82, 2.24) is 5.32 Å². The van der Waals surface area contributed by atoms with Crippen LogP contribution >= 0.6 is 0 Å². The van der Waals surface area contributed by atoms with Gasteiger partial charge in [0.05, 0.1) is 14.2 Å². The first-order valence-corrected chi connectivity index (χ1v) is 5.75. The van der Waals surface area contributed by atoms with Crippen molar-refractivity contribution >= 4 is 5.91 Å². The molecule has 1 unspecified atom stereocenters. The van der Waals surface area contributed by atoms with E-state index in [-0.39, 0.29) is 5.91 Å². The molecule has 100 valence electrons. The summed E-state index contributed by atoms with van der Waals surface area (Å²) in [6.45, 7) is 1.88. The van der Waals surface area contributed by atoms with Crippen molar-refractivity contribution < 1.29 is 19.4 Å². The van der Waals surface area contributed by atoms with Crippen LogP contribution < -0.4 is 14.8 Å². The number of carbonyl (C=O) groups excluding carboxylic acids is 1. The average Bonchev–Trinajstić information content (AvgIpc) is 2.38. The molecule has 0 saturated carbocycles. The molecule has 0 saturated heterocycles. The van der Waals surface area contributed by atoms with Crippen LogP contribution in [0.4, 0.5) is 0 Å². The van der Waals surface area contributed by atoms with Crippen molar-refractivity contribution in [2.24, 2.45) is 0 Å². The number of rotatable bonds is 6. The van der Waals surface area contributed by atoms with Crippen molar-refractivity contribution in [1.29, 1.82) is 0 Å². The zero-order valence-corrected chi connectivity index (χ0v) is 10.9. The Hall–Kier alpha value is -1.75. The number of amides is 1. The fourth-order valence-electron chi connectivity index (χ4n) is 1.53. The van der Waals surface area contributed by atoms with Gasteiger partial charge in [-0.2, -0.15) is 0 Å². The largest absolute Gasteiger partial charge is 0.497 e. The third-order valence-corrected chi connectivity index (χ3v) is 2.57. The highest BCUT2D eigenvalue weighted by Gasteiger charge is 2.09. The molecule has 0 aromatic heterocycles. The van der Waals surface area contributed by atoms with Gasteiger partial charge in [0.15, 0.2) is 0 Å². The number of aliphatic hydroxyl groups is 1. The second-order valence-corrected chi connectivity index (χ2v) is 3.89. The summed E-state index contributed by atoms with van der Waals surface area (Å²) in [5.74, 6) is 1.08. The highest BCUT2D eigenvalue weighted by atomic mass is 16.5. The molecule has 0 heterocycles. The van der Waals surface area contributed by atoms with Crippen LogP contribution in [0.3, 0.4) is 0 Å². The summed E-state index contributed by atoms with van der Waals surface area (Å²) in [4.78, 5) is 11.2. The smallest absolute Gasteiger partial charge is 0.248 e. The third-order valence-electron chi connectivity index (χ3n) is 2.57. The van der Waals surface area contributed by atoms with E-state index < -0.39 is 6.10 Å². The summed E-state index contributed by atoms with van der Waals surface area (Å²) >= 11 is 0. The third kappa shape index (κ3) is 3.92. The molecule has 5 heteroatoms. The van der Waals surface area contributed by atoms with Crippen LogP contribution in [0.2, 0.25) is 0 Å². The van der Waals surface area contributed by atoms with Gasteiger partial charge in [0, 0.05) is 12.6 Å². The molecule has 0 aliphatic carbocycles. The van der Waals surface area contributed by atoms with Gasteiger partial charge >= 0.3 is 0 Å². The Morgan fingerprint density at radius 1 is 1.39 bits per heavy atom. The Morgan fingerprint density at radius 3 is 2.67 bits per heavy atom. The monoisotopic (exact) mass is 253 g/mol. The first-order valence-electron chi connectivity index (χ1n) is 5.75. The molecular formula is C13H19NO4. The number of methoxy groups -OCH3 is 2. The number of benzene rings is 1. The van der Waals surface area contributed by atoms with Gasteiger partial charge in [-0.15, -0.1) is 0 Å². The Bertz CT molecular complexity index is 404. The number of ether oxygens (including phenoxy) is 2. The van der Waals surface area contributed by atoms with Crippen LogP contribution in [0.15, 0.2) is 18.2 Å². The molecule has 1 aromatic carbocycles. The standard InChI is InChI=1S/C13H19NO4/c1-9(15)13(16)14-7-6-10-4-5-11(17-2)8-12(10)18-3/h4-5,8-9,15H,6-7H2,1-3H3,(H,14,16). The van der Waals surface area contributed by atoms with E-state index in [1.165, 1.54) is 6.92 Å². The van der Waals surface area contributed by atoms with E-state index in [1.807, 2.05) is 12.1 Å².